The van der Waals surface area contributed by atoms with Crippen LogP contribution in [0.1, 0.15) is 54.4 Å². The number of hydrogen-bond donors (Lipinski definition) is 0. The molecule has 0 aromatic carbocycles. The first kappa shape index (κ1) is 21.7. The Morgan fingerprint density at radius 1 is 1.36 bits per heavy atom. The first-order valence-electron chi connectivity index (χ1n) is 9.27. The number of ether oxygens (including phenoxy) is 3. The van der Waals surface area contributed by atoms with Crippen LogP contribution in [-0.4, -0.2) is 32.1 Å². The fourth-order valence-electron chi connectivity index (χ4n) is 2.91. The molecule has 4 heteroatoms. The smallest absolute Gasteiger partial charge is 0.313 e. The molecule has 0 N–H and O–H groups in total. The van der Waals surface area contributed by atoms with Crippen molar-refractivity contribution >= 4 is 5.97 Å². The number of esters is 1. The van der Waals surface area contributed by atoms with E-state index in [0.717, 1.165) is 12.8 Å². The summed E-state index contributed by atoms with van der Waals surface area (Å²) in [5, 5.41) is 0. The number of hydrogen-bond acceptors (Lipinski definition) is 4. The van der Waals surface area contributed by atoms with Gasteiger partial charge in [-0.3, -0.25) is 4.79 Å². The van der Waals surface area contributed by atoms with Gasteiger partial charge < -0.3 is 14.2 Å². The molecular weight excluding hydrogens is 316 g/mol. The number of rotatable bonds is 5. The molecule has 1 heterocycles. The molecular formula is C21H34O4. The quantitative estimate of drug-likeness (QED) is 0.667. The highest BCUT2D eigenvalue weighted by Gasteiger charge is 2.29. The summed E-state index contributed by atoms with van der Waals surface area (Å²) in [6.45, 7) is 14.1. The topological polar surface area (TPSA) is 44.8 Å². The van der Waals surface area contributed by atoms with Crippen LogP contribution in [0, 0.1) is 11.3 Å². The van der Waals surface area contributed by atoms with Crippen LogP contribution in [0.2, 0.25) is 0 Å². The Hall–Kier alpha value is -1.39. The van der Waals surface area contributed by atoms with Crippen molar-refractivity contribution in [1.82, 2.24) is 0 Å². The van der Waals surface area contributed by atoms with Gasteiger partial charge in [0.05, 0.1) is 19.8 Å². The van der Waals surface area contributed by atoms with Crippen molar-refractivity contribution in [2.45, 2.75) is 60.7 Å². The molecule has 2 rings (SSSR count). The normalized spacial score (nSPS) is 21.2. The van der Waals surface area contributed by atoms with E-state index < -0.39 is 6.29 Å². The zero-order valence-electron chi connectivity index (χ0n) is 16.6. The van der Waals surface area contributed by atoms with E-state index in [1.54, 1.807) is 13.8 Å². The molecule has 0 saturated carbocycles. The van der Waals surface area contributed by atoms with Crippen LogP contribution in [0.4, 0.5) is 0 Å². The Morgan fingerprint density at radius 2 is 2.00 bits per heavy atom. The summed E-state index contributed by atoms with van der Waals surface area (Å²) < 4.78 is 15.1. The molecule has 25 heavy (non-hydrogen) atoms. The lowest BCUT2D eigenvalue weighted by Gasteiger charge is -2.29. The van der Waals surface area contributed by atoms with E-state index in [9.17, 15) is 4.79 Å². The monoisotopic (exact) mass is 350 g/mol. The Kier molecular flexibility index (Phi) is 9.15. The molecule has 1 saturated heterocycles. The van der Waals surface area contributed by atoms with Gasteiger partial charge in [-0.1, -0.05) is 45.1 Å². The minimum absolute atomic E-state index is 0.260. The summed E-state index contributed by atoms with van der Waals surface area (Å²) in [5.74, 6) is -0.586. The zero-order chi connectivity index (χ0) is 18.9. The van der Waals surface area contributed by atoms with Crippen molar-refractivity contribution in [3.8, 4) is 0 Å². The van der Waals surface area contributed by atoms with E-state index in [1.165, 1.54) is 11.1 Å². The van der Waals surface area contributed by atoms with E-state index in [2.05, 4.69) is 52.0 Å². The van der Waals surface area contributed by atoms with Crippen molar-refractivity contribution in [2.24, 2.45) is 11.3 Å². The number of allylic oxidation sites excluding steroid dienone is 6. The van der Waals surface area contributed by atoms with Gasteiger partial charge >= 0.3 is 5.97 Å². The van der Waals surface area contributed by atoms with Crippen molar-refractivity contribution in [1.29, 1.82) is 0 Å². The third-order valence-corrected chi connectivity index (χ3v) is 4.38. The Bertz CT molecular complexity index is 508. The second-order valence-electron chi connectivity index (χ2n) is 7.05. The summed E-state index contributed by atoms with van der Waals surface area (Å²) >= 11 is 0. The van der Waals surface area contributed by atoms with Crippen LogP contribution in [0.3, 0.4) is 0 Å². The van der Waals surface area contributed by atoms with Crippen molar-refractivity contribution < 1.29 is 19.0 Å². The molecule has 4 nitrogen and oxygen atoms in total. The third-order valence-electron chi connectivity index (χ3n) is 4.38. The molecule has 1 aliphatic carbocycles. The minimum Gasteiger partial charge on any atom is -0.466 e. The van der Waals surface area contributed by atoms with Crippen molar-refractivity contribution in [3.63, 3.8) is 0 Å². The standard InChI is InChI=1S/C13H20.C8H14O4/c1-5-6-9-12-11(2)8-7-10-13(12,3)4;1-3-10-7(9)6(2)8-11-4-5-12-8/h6-9H,5,10H2,1-4H3;6,8H,3-5H2,1-2H3. The van der Waals surface area contributed by atoms with Gasteiger partial charge in [0.15, 0.2) is 6.29 Å². The minimum atomic E-state index is -0.413. The average molecular weight is 350 g/mol. The third kappa shape index (κ3) is 6.79. The largest absolute Gasteiger partial charge is 0.466 e. The Labute approximate surface area is 152 Å². The van der Waals surface area contributed by atoms with E-state index in [4.69, 9.17) is 14.2 Å². The van der Waals surface area contributed by atoms with Gasteiger partial charge in [-0.15, -0.1) is 0 Å². The lowest BCUT2D eigenvalue weighted by molar-refractivity contribution is -0.162. The van der Waals surface area contributed by atoms with Gasteiger partial charge in [-0.25, -0.2) is 0 Å². The summed E-state index contributed by atoms with van der Waals surface area (Å²) in [4.78, 5) is 11.1. The molecule has 0 bridgehead atoms. The predicted octanol–water partition coefficient (Wildman–Crippen LogP) is 4.81. The summed E-state index contributed by atoms with van der Waals surface area (Å²) in [5.41, 5.74) is 3.24. The number of carbonyl (C=O) groups excluding carboxylic acids is 1. The zero-order valence-corrected chi connectivity index (χ0v) is 16.6. The van der Waals surface area contributed by atoms with E-state index in [-0.39, 0.29) is 11.9 Å². The lowest BCUT2D eigenvalue weighted by atomic mass is 9.75. The highest BCUT2D eigenvalue weighted by Crippen LogP contribution is 2.37. The van der Waals surface area contributed by atoms with Gasteiger partial charge in [-0.2, -0.15) is 0 Å². The second kappa shape index (κ2) is 10.6. The predicted molar refractivity (Wildman–Crippen MR) is 101 cm³/mol. The molecule has 0 amide bonds. The molecule has 142 valence electrons. The highest BCUT2D eigenvalue weighted by molar-refractivity contribution is 5.72. The second-order valence-corrected chi connectivity index (χ2v) is 7.05. The van der Waals surface area contributed by atoms with Gasteiger partial charge in [0.2, 0.25) is 0 Å². The molecule has 1 fully saturated rings. The average Bonchev–Trinajstić information content (AvgIpc) is 3.08. The van der Waals surface area contributed by atoms with Gasteiger partial charge in [-0.05, 0) is 50.2 Å². The lowest BCUT2D eigenvalue weighted by Crippen LogP contribution is -2.28. The van der Waals surface area contributed by atoms with Crippen LogP contribution in [0.25, 0.3) is 0 Å². The van der Waals surface area contributed by atoms with Crippen molar-refractivity contribution in [2.75, 3.05) is 19.8 Å². The van der Waals surface area contributed by atoms with Gasteiger partial charge in [0.25, 0.3) is 0 Å². The highest BCUT2D eigenvalue weighted by atomic mass is 16.7. The molecule has 2 aliphatic rings. The maximum Gasteiger partial charge on any atom is 0.313 e. The van der Waals surface area contributed by atoms with Crippen LogP contribution in [0.15, 0.2) is 35.5 Å². The Morgan fingerprint density at radius 3 is 2.52 bits per heavy atom. The molecule has 0 spiro atoms. The first-order chi connectivity index (χ1) is 11.8. The summed E-state index contributed by atoms with van der Waals surface area (Å²) in [7, 11) is 0. The van der Waals surface area contributed by atoms with Gasteiger partial charge in [0, 0.05) is 0 Å². The Balaban J connectivity index is 0.000000251. The maximum absolute atomic E-state index is 11.1. The number of carbonyl (C=O) groups is 1. The molecule has 1 atom stereocenters. The van der Waals surface area contributed by atoms with E-state index in [0.29, 0.717) is 25.2 Å². The molecule has 0 radical (unpaired) electrons. The van der Waals surface area contributed by atoms with Gasteiger partial charge in [0.1, 0.15) is 5.92 Å². The molecule has 1 aliphatic heterocycles. The summed E-state index contributed by atoms with van der Waals surface area (Å²) in [6.07, 6.45) is 10.9. The maximum atomic E-state index is 11.1. The fraction of sp³-hybridized carbons (Fsp3) is 0.667. The SMILES string of the molecule is CCC=CC1=C(C)C=CCC1(C)C.CCOC(=O)C(C)C1OCCO1. The van der Waals surface area contributed by atoms with Crippen LogP contribution in [-0.2, 0) is 19.0 Å². The van der Waals surface area contributed by atoms with E-state index >= 15 is 0 Å². The first-order valence-corrected chi connectivity index (χ1v) is 9.27. The molecule has 0 aromatic rings. The molecule has 1 unspecified atom stereocenters. The fourth-order valence-corrected chi connectivity index (χ4v) is 2.91. The van der Waals surface area contributed by atoms with Crippen LogP contribution < -0.4 is 0 Å². The van der Waals surface area contributed by atoms with Crippen LogP contribution >= 0.6 is 0 Å². The summed E-state index contributed by atoms with van der Waals surface area (Å²) in [6, 6.07) is 0. The molecule has 0 aromatic heterocycles. The van der Waals surface area contributed by atoms with Crippen LogP contribution in [0.5, 0.6) is 0 Å². The van der Waals surface area contributed by atoms with Crippen molar-refractivity contribution in [3.05, 3.63) is 35.5 Å². The van der Waals surface area contributed by atoms with E-state index in [1.807, 2.05) is 0 Å².